The second-order valence-electron chi connectivity index (χ2n) is 6.76. The van der Waals surface area contributed by atoms with Crippen molar-refractivity contribution in [1.29, 1.82) is 0 Å². The molecule has 2 aliphatic rings. The lowest BCUT2D eigenvalue weighted by Crippen LogP contribution is -2.41. The van der Waals surface area contributed by atoms with E-state index in [4.69, 9.17) is 4.42 Å². The van der Waals surface area contributed by atoms with Crippen LogP contribution in [0.1, 0.15) is 0 Å². The van der Waals surface area contributed by atoms with Crippen LogP contribution in [0.2, 0.25) is 0 Å². The highest BCUT2D eigenvalue weighted by molar-refractivity contribution is 7.89. The minimum absolute atomic E-state index is 0.0171. The van der Waals surface area contributed by atoms with Crippen molar-refractivity contribution >= 4 is 27.0 Å². The first-order valence-electron chi connectivity index (χ1n) is 7.74. The molecule has 2 fully saturated rings. The fourth-order valence-corrected chi connectivity index (χ4v) is 5.47. The summed E-state index contributed by atoms with van der Waals surface area (Å²) >= 11 is 0. The van der Waals surface area contributed by atoms with Crippen molar-refractivity contribution in [3.8, 4) is 0 Å². The number of para-hydroxylation sites is 1. The third-order valence-corrected chi connectivity index (χ3v) is 6.84. The van der Waals surface area contributed by atoms with Crippen LogP contribution < -0.4 is 0 Å². The number of fused-ring (bicyclic) bond motifs is 2. The number of carbonyl (C=O) groups is 1. The number of carboxylic acids is 1. The number of furan rings is 1. The summed E-state index contributed by atoms with van der Waals surface area (Å²) in [5.41, 5.74) is -0.531. The molecule has 4 rings (SSSR count). The summed E-state index contributed by atoms with van der Waals surface area (Å²) < 4.78 is 32.6. The third-order valence-electron chi connectivity index (χ3n) is 5.17. The van der Waals surface area contributed by atoms with E-state index in [2.05, 4.69) is 0 Å². The zero-order chi connectivity index (χ0) is 17.1. The molecule has 2 aliphatic heterocycles. The van der Waals surface area contributed by atoms with Gasteiger partial charge in [-0.1, -0.05) is 18.2 Å². The van der Waals surface area contributed by atoms with Crippen LogP contribution in [0.5, 0.6) is 0 Å². The van der Waals surface area contributed by atoms with Gasteiger partial charge in [0.05, 0.1) is 5.41 Å². The first-order valence-corrected chi connectivity index (χ1v) is 9.18. The molecule has 1 aromatic heterocycles. The maximum absolute atomic E-state index is 12.9. The third kappa shape index (κ3) is 2.10. The number of aliphatic carboxylic acids is 1. The monoisotopic (exact) mass is 350 g/mol. The summed E-state index contributed by atoms with van der Waals surface area (Å²) in [5.74, 6) is -1.14. The largest absolute Gasteiger partial charge is 0.481 e. The van der Waals surface area contributed by atoms with Crippen LogP contribution in [0.25, 0.3) is 11.0 Å². The van der Waals surface area contributed by atoms with Crippen LogP contribution in [0.3, 0.4) is 0 Å². The second-order valence-corrected chi connectivity index (χ2v) is 8.62. The summed E-state index contributed by atoms with van der Waals surface area (Å²) in [6.07, 6.45) is 0. The molecule has 0 amide bonds. The van der Waals surface area contributed by atoms with Crippen molar-refractivity contribution in [2.75, 3.05) is 33.2 Å². The number of sulfonamides is 1. The van der Waals surface area contributed by atoms with Crippen LogP contribution >= 0.6 is 0 Å². The molecule has 7 nitrogen and oxygen atoms in total. The average Bonchev–Trinajstić information content (AvgIpc) is 3.16. The standard InChI is InChI=1S/C16H18N2O5S/c1-17-7-12-8-18(10-16(12,9-17)15(19)20)24(21,22)14-6-11-4-2-3-5-13(11)23-14/h2-6,12H,7-10H2,1H3,(H,19,20)/t12-,16-/m0/s1. The Balaban J connectivity index is 1.70. The summed E-state index contributed by atoms with van der Waals surface area (Å²) in [7, 11) is -1.98. The number of likely N-dealkylation sites (tertiary alicyclic amines) is 1. The minimum Gasteiger partial charge on any atom is -0.481 e. The number of benzene rings is 1. The average molecular weight is 350 g/mol. The quantitative estimate of drug-likeness (QED) is 0.890. The number of hydrogen-bond acceptors (Lipinski definition) is 5. The predicted octanol–water partition coefficient (Wildman–Crippen LogP) is 1.07. The van der Waals surface area contributed by atoms with Gasteiger partial charge < -0.3 is 14.4 Å². The van der Waals surface area contributed by atoms with E-state index in [1.807, 2.05) is 18.0 Å². The first-order chi connectivity index (χ1) is 11.3. The van der Waals surface area contributed by atoms with E-state index in [9.17, 15) is 18.3 Å². The van der Waals surface area contributed by atoms with Gasteiger partial charge in [0.1, 0.15) is 5.58 Å². The molecule has 3 heterocycles. The predicted molar refractivity (Wildman–Crippen MR) is 86.0 cm³/mol. The summed E-state index contributed by atoms with van der Waals surface area (Å²) in [4.78, 5) is 13.8. The smallest absolute Gasteiger partial charge is 0.312 e. The van der Waals surface area contributed by atoms with Gasteiger partial charge in [-0.3, -0.25) is 4.79 Å². The van der Waals surface area contributed by atoms with Crippen molar-refractivity contribution in [3.05, 3.63) is 30.3 Å². The maximum atomic E-state index is 12.9. The Bertz CT molecular complexity index is 888. The molecule has 2 saturated heterocycles. The summed E-state index contributed by atoms with van der Waals surface area (Å²) in [6, 6.07) is 8.57. The lowest BCUT2D eigenvalue weighted by molar-refractivity contribution is -0.148. The Morgan fingerprint density at radius 3 is 2.71 bits per heavy atom. The van der Waals surface area contributed by atoms with Gasteiger partial charge in [-0.2, -0.15) is 4.31 Å². The zero-order valence-corrected chi connectivity index (χ0v) is 14.0. The molecule has 2 atom stereocenters. The summed E-state index contributed by atoms with van der Waals surface area (Å²) in [5, 5.41) is 10.3. The Labute approximate surface area is 139 Å². The molecule has 2 aromatic rings. The van der Waals surface area contributed by atoms with Crippen molar-refractivity contribution < 1.29 is 22.7 Å². The van der Waals surface area contributed by atoms with Gasteiger partial charge in [0, 0.05) is 43.5 Å². The number of nitrogens with zero attached hydrogens (tertiary/aromatic N) is 2. The van der Waals surface area contributed by atoms with Crippen molar-refractivity contribution in [2.24, 2.45) is 11.3 Å². The van der Waals surface area contributed by atoms with Gasteiger partial charge in [0.25, 0.3) is 10.0 Å². The van der Waals surface area contributed by atoms with E-state index >= 15 is 0 Å². The Hall–Kier alpha value is -1.90. The molecule has 0 unspecified atom stereocenters. The molecular formula is C16H18N2O5S. The van der Waals surface area contributed by atoms with Crippen LogP contribution in [-0.4, -0.2) is 61.9 Å². The van der Waals surface area contributed by atoms with Crippen LogP contribution in [0.4, 0.5) is 0 Å². The van der Waals surface area contributed by atoms with E-state index in [1.165, 1.54) is 10.4 Å². The lowest BCUT2D eigenvalue weighted by Gasteiger charge is -2.23. The Kier molecular flexibility index (Phi) is 3.28. The summed E-state index contributed by atoms with van der Waals surface area (Å²) in [6.45, 7) is 1.13. The Morgan fingerprint density at radius 2 is 2.04 bits per heavy atom. The van der Waals surface area contributed by atoms with Gasteiger partial charge in [-0.15, -0.1) is 0 Å². The van der Waals surface area contributed by atoms with Crippen LogP contribution in [-0.2, 0) is 14.8 Å². The highest BCUT2D eigenvalue weighted by Crippen LogP contribution is 2.44. The SMILES string of the molecule is CN1C[C@H]2CN(S(=O)(=O)c3cc4ccccc4o3)C[C@@]2(C(=O)O)C1. The van der Waals surface area contributed by atoms with E-state index in [-0.39, 0.29) is 24.1 Å². The molecule has 128 valence electrons. The molecule has 1 N–H and O–H groups in total. The fourth-order valence-electron chi connectivity index (χ4n) is 3.97. The molecule has 1 aromatic carbocycles. The normalized spacial score (nSPS) is 28.5. The van der Waals surface area contributed by atoms with E-state index in [0.717, 1.165) is 0 Å². The van der Waals surface area contributed by atoms with Gasteiger partial charge in [0.2, 0.25) is 5.09 Å². The van der Waals surface area contributed by atoms with Crippen molar-refractivity contribution in [2.45, 2.75) is 5.09 Å². The Morgan fingerprint density at radius 1 is 1.29 bits per heavy atom. The molecular weight excluding hydrogens is 332 g/mol. The first kappa shape index (κ1) is 15.6. The number of hydrogen-bond donors (Lipinski definition) is 1. The van der Waals surface area contributed by atoms with Crippen LogP contribution in [0.15, 0.2) is 39.8 Å². The fraction of sp³-hybridized carbons (Fsp3) is 0.438. The van der Waals surface area contributed by atoms with Gasteiger partial charge >= 0.3 is 5.97 Å². The molecule has 8 heteroatoms. The van der Waals surface area contributed by atoms with Gasteiger partial charge in [-0.25, -0.2) is 8.42 Å². The maximum Gasteiger partial charge on any atom is 0.312 e. The van der Waals surface area contributed by atoms with Gasteiger partial charge in [0.15, 0.2) is 0 Å². The highest BCUT2D eigenvalue weighted by atomic mass is 32.2. The molecule has 0 aliphatic carbocycles. The topological polar surface area (TPSA) is 91.1 Å². The van der Waals surface area contributed by atoms with E-state index in [0.29, 0.717) is 24.1 Å². The number of carboxylic acid groups (broad SMARTS) is 1. The molecule has 0 radical (unpaired) electrons. The molecule has 24 heavy (non-hydrogen) atoms. The second kappa shape index (κ2) is 5.05. The number of rotatable bonds is 3. The minimum atomic E-state index is -3.85. The van der Waals surface area contributed by atoms with Crippen molar-refractivity contribution in [1.82, 2.24) is 9.21 Å². The molecule has 0 saturated carbocycles. The lowest BCUT2D eigenvalue weighted by atomic mass is 9.81. The molecule has 0 spiro atoms. The zero-order valence-electron chi connectivity index (χ0n) is 13.2. The van der Waals surface area contributed by atoms with E-state index < -0.39 is 21.4 Å². The van der Waals surface area contributed by atoms with Crippen molar-refractivity contribution in [3.63, 3.8) is 0 Å². The molecule has 0 bridgehead atoms. The van der Waals surface area contributed by atoms with Gasteiger partial charge in [-0.05, 0) is 13.1 Å². The van der Waals surface area contributed by atoms with E-state index in [1.54, 1.807) is 18.2 Å². The highest BCUT2D eigenvalue weighted by Gasteiger charge is 2.59. The van der Waals surface area contributed by atoms with Crippen LogP contribution in [0, 0.1) is 11.3 Å².